The summed E-state index contributed by atoms with van der Waals surface area (Å²) in [4.78, 5) is 2.32. The second kappa shape index (κ2) is 12.2. The molecule has 3 heterocycles. The van der Waals surface area contributed by atoms with Crippen molar-refractivity contribution in [2.45, 2.75) is 0 Å². The zero-order valence-electron chi connectivity index (χ0n) is 30.1. The lowest BCUT2D eigenvalue weighted by atomic mass is 9.97. The van der Waals surface area contributed by atoms with Gasteiger partial charge in [0, 0.05) is 70.2 Å². The van der Waals surface area contributed by atoms with Gasteiger partial charge < -0.3 is 13.7 Å². The highest BCUT2D eigenvalue weighted by Crippen LogP contribution is 2.44. The van der Waals surface area contributed by atoms with Crippen molar-refractivity contribution in [3.8, 4) is 22.3 Å². The third-order valence-electron chi connectivity index (χ3n) is 11.3. The molecule has 12 aromatic rings. The predicted octanol–water partition coefficient (Wildman–Crippen LogP) is 15.8. The Morgan fingerprint density at radius 1 is 0.357 bits per heavy atom. The first-order valence-corrected chi connectivity index (χ1v) is 19.7. The molecule has 9 aromatic carbocycles. The summed E-state index contributed by atoms with van der Waals surface area (Å²) in [6.07, 6.45) is 0. The van der Waals surface area contributed by atoms with Gasteiger partial charge in [0.25, 0.3) is 0 Å². The number of fused-ring (bicyclic) bond motifs is 11. The summed E-state index contributed by atoms with van der Waals surface area (Å²) in [5.74, 6) is 0. The first kappa shape index (κ1) is 31.2. The van der Waals surface area contributed by atoms with E-state index in [4.69, 9.17) is 8.83 Å². The molecule has 0 atom stereocenters. The van der Waals surface area contributed by atoms with Crippen LogP contribution in [0.15, 0.2) is 197 Å². The summed E-state index contributed by atoms with van der Waals surface area (Å²) in [7, 11) is 0. The number of anilines is 3. The lowest BCUT2D eigenvalue weighted by molar-refractivity contribution is 0.669. The monoisotopic (exact) mass is 733 g/mol. The Hall–Kier alpha value is -7.14. The van der Waals surface area contributed by atoms with Crippen molar-refractivity contribution in [1.29, 1.82) is 0 Å². The molecule has 3 nitrogen and oxygen atoms in total. The van der Waals surface area contributed by atoms with Crippen LogP contribution in [0.25, 0.3) is 97.1 Å². The normalized spacial score (nSPS) is 11.9. The first-order chi connectivity index (χ1) is 27.7. The van der Waals surface area contributed by atoms with Crippen LogP contribution in [0.4, 0.5) is 17.1 Å². The average Bonchev–Trinajstić information content (AvgIpc) is 3.96. The van der Waals surface area contributed by atoms with Gasteiger partial charge in [-0.2, -0.15) is 0 Å². The van der Waals surface area contributed by atoms with E-state index in [1.165, 1.54) is 36.7 Å². The Morgan fingerprint density at radius 3 is 1.75 bits per heavy atom. The van der Waals surface area contributed by atoms with Gasteiger partial charge in [-0.3, -0.25) is 0 Å². The van der Waals surface area contributed by atoms with E-state index in [-0.39, 0.29) is 0 Å². The van der Waals surface area contributed by atoms with Crippen molar-refractivity contribution < 1.29 is 8.83 Å². The van der Waals surface area contributed by atoms with Crippen LogP contribution in [-0.2, 0) is 0 Å². The number of para-hydroxylation sites is 1. The summed E-state index contributed by atoms with van der Waals surface area (Å²) in [6, 6.07) is 67.2. The first-order valence-electron chi connectivity index (χ1n) is 18.9. The quantitative estimate of drug-likeness (QED) is 0.176. The van der Waals surface area contributed by atoms with E-state index in [1.807, 2.05) is 23.5 Å². The lowest BCUT2D eigenvalue weighted by Gasteiger charge is -2.26. The molecule has 0 saturated heterocycles. The molecular formula is C52H31NO2S. The summed E-state index contributed by atoms with van der Waals surface area (Å²) in [6.45, 7) is 0. The Morgan fingerprint density at radius 2 is 0.946 bits per heavy atom. The van der Waals surface area contributed by atoms with Crippen molar-refractivity contribution in [3.05, 3.63) is 188 Å². The maximum atomic E-state index is 6.53. The minimum Gasteiger partial charge on any atom is -0.456 e. The molecule has 0 saturated carbocycles. The van der Waals surface area contributed by atoms with Crippen molar-refractivity contribution in [1.82, 2.24) is 0 Å². The molecule has 4 heteroatoms. The van der Waals surface area contributed by atoms with Crippen LogP contribution in [0.5, 0.6) is 0 Å². The maximum Gasteiger partial charge on any atom is 0.143 e. The number of furan rings is 2. The third-order valence-corrected chi connectivity index (χ3v) is 12.4. The van der Waals surface area contributed by atoms with Gasteiger partial charge >= 0.3 is 0 Å². The fourth-order valence-corrected chi connectivity index (χ4v) is 9.82. The molecular weight excluding hydrogens is 703 g/mol. The van der Waals surface area contributed by atoms with Gasteiger partial charge in [0.1, 0.15) is 22.3 Å². The van der Waals surface area contributed by atoms with Crippen molar-refractivity contribution in [2.24, 2.45) is 0 Å². The molecule has 0 aliphatic carbocycles. The molecule has 0 fully saturated rings. The lowest BCUT2D eigenvalue weighted by Crippen LogP contribution is -2.09. The fourth-order valence-electron chi connectivity index (χ4n) is 8.69. The Labute approximate surface area is 325 Å². The molecule has 12 rings (SSSR count). The second-order valence-electron chi connectivity index (χ2n) is 14.4. The van der Waals surface area contributed by atoms with Crippen molar-refractivity contribution in [2.75, 3.05) is 4.90 Å². The third kappa shape index (κ3) is 4.76. The predicted molar refractivity (Wildman–Crippen MR) is 237 cm³/mol. The van der Waals surface area contributed by atoms with E-state index in [0.29, 0.717) is 0 Å². The number of hydrogen-bond acceptors (Lipinski definition) is 4. The van der Waals surface area contributed by atoms with Crippen molar-refractivity contribution >= 4 is 103 Å². The molecule has 3 aromatic heterocycles. The molecule has 0 amide bonds. The molecule has 56 heavy (non-hydrogen) atoms. The zero-order valence-corrected chi connectivity index (χ0v) is 30.9. The molecule has 0 aliphatic rings. The van der Waals surface area contributed by atoms with Crippen LogP contribution in [0.2, 0.25) is 0 Å². The Balaban J connectivity index is 0.991. The molecule has 0 radical (unpaired) electrons. The molecule has 0 spiro atoms. The van der Waals surface area contributed by atoms with E-state index in [2.05, 4.69) is 181 Å². The van der Waals surface area contributed by atoms with Crippen LogP contribution in [0, 0.1) is 0 Å². The molecule has 0 bridgehead atoms. The second-order valence-corrected chi connectivity index (χ2v) is 15.5. The number of benzene rings is 9. The highest BCUT2D eigenvalue weighted by atomic mass is 32.1. The van der Waals surface area contributed by atoms with Crippen LogP contribution >= 0.6 is 11.3 Å². The number of rotatable bonds is 5. The average molecular weight is 734 g/mol. The van der Waals surface area contributed by atoms with Gasteiger partial charge in [0.15, 0.2) is 0 Å². The zero-order chi connectivity index (χ0) is 36.7. The number of thiophene rings is 1. The van der Waals surface area contributed by atoms with Crippen molar-refractivity contribution in [3.63, 3.8) is 0 Å². The van der Waals surface area contributed by atoms with E-state index in [1.54, 1.807) is 0 Å². The van der Waals surface area contributed by atoms with E-state index in [9.17, 15) is 0 Å². The highest BCUT2D eigenvalue weighted by Gasteiger charge is 2.19. The summed E-state index contributed by atoms with van der Waals surface area (Å²) in [5, 5.41) is 9.43. The van der Waals surface area contributed by atoms with Gasteiger partial charge in [-0.25, -0.2) is 0 Å². The van der Waals surface area contributed by atoms with Gasteiger partial charge in [0.05, 0.1) is 0 Å². The van der Waals surface area contributed by atoms with Crippen LogP contribution in [0.1, 0.15) is 0 Å². The molecule has 0 aliphatic heterocycles. The van der Waals surface area contributed by atoms with Crippen LogP contribution < -0.4 is 4.90 Å². The SMILES string of the molecule is c1ccc2c(c1)ccc1c2oc2cccc(-c3ccc(N(c4ccc(-c5cccc6sc7ccccc7c56)cc4)c4ccc5c(c4)oc4ccccc45)cc3)c21. The van der Waals surface area contributed by atoms with Gasteiger partial charge in [0.2, 0.25) is 0 Å². The highest BCUT2D eigenvalue weighted by molar-refractivity contribution is 7.25. The van der Waals surface area contributed by atoms with Gasteiger partial charge in [-0.15, -0.1) is 11.3 Å². The number of hydrogen-bond donors (Lipinski definition) is 0. The summed E-state index contributed by atoms with van der Waals surface area (Å²) >= 11 is 1.85. The molecule has 262 valence electrons. The van der Waals surface area contributed by atoms with Gasteiger partial charge in [-0.1, -0.05) is 115 Å². The maximum absolute atomic E-state index is 6.53. The van der Waals surface area contributed by atoms with E-state index in [0.717, 1.165) is 77.5 Å². The fraction of sp³-hybridized carbons (Fsp3) is 0. The number of nitrogens with zero attached hydrogens (tertiary/aromatic N) is 1. The van der Waals surface area contributed by atoms with E-state index >= 15 is 0 Å². The molecule has 0 N–H and O–H groups in total. The standard InChI is InChI=1S/C52H31NO2S/c1-2-10-40-32(9-1)23-29-44-50-38(13-7-16-46(50)55-52(40)44)33-19-24-35(25-20-33)53(37-28-30-42-41-11-3-5-15-45(41)54-47(42)31-37)36-26-21-34(22-27-36)39-14-8-18-49-51(39)43-12-4-6-17-48(43)56-49/h1-31H. The topological polar surface area (TPSA) is 29.5 Å². The van der Waals surface area contributed by atoms with E-state index < -0.39 is 0 Å². The largest absolute Gasteiger partial charge is 0.456 e. The smallest absolute Gasteiger partial charge is 0.143 e. The Bertz CT molecular complexity index is 3480. The minimum atomic E-state index is 0.865. The summed E-state index contributed by atoms with van der Waals surface area (Å²) < 4.78 is 15.5. The Kier molecular flexibility index (Phi) is 6.80. The van der Waals surface area contributed by atoms with Crippen LogP contribution in [0.3, 0.4) is 0 Å². The minimum absolute atomic E-state index is 0.865. The van der Waals surface area contributed by atoms with Gasteiger partial charge in [-0.05, 0) is 94.4 Å². The molecule has 0 unspecified atom stereocenters. The van der Waals surface area contributed by atoms with Crippen LogP contribution in [-0.4, -0.2) is 0 Å². The summed E-state index contributed by atoms with van der Waals surface area (Å²) in [5.41, 5.74) is 11.5.